The summed E-state index contributed by atoms with van der Waals surface area (Å²) < 4.78 is 1.22. The Morgan fingerprint density at radius 2 is 1.81 bits per heavy atom. The fourth-order valence-electron chi connectivity index (χ4n) is 4.05. The van der Waals surface area contributed by atoms with Gasteiger partial charge in [-0.3, -0.25) is 4.90 Å². The van der Waals surface area contributed by atoms with Crippen molar-refractivity contribution in [1.29, 1.82) is 0 Å². The average Bonchev–Trinajstić information content (AvgIpc) is 2.95. The minimum absolute atomic E-state index is 0.452. The zero-order valence-corrected chi connectivity index (χ0v) is 15.3. The summed E-state index contributed by atoms with van der Waals surface area (Å²) in [4.78, 5) is 4.26. The van der Waals surface area contributed by atoms with Crippen molar-refractivity contribution >= 4 is 27.3 Å². The quantitative estimate of drug-likeness (QED) is 0.801. The summed E-state index contributed by atoms with van der Waals surface area (Å²) in [6.45, 7) is 4.84. The molecule has 21 heavy (non-hydrogen) atoms. The molecule has 0 radical (unpaired) electrons. The van der Waals surface area contributed by atoms with Gasteiger partial charge in [0.2, 0.25) is 0 Å². The first kappa shape index (κ1) is 16.0. The summed E-state index contributed by atoms with van der Waals surface area (Å²) in [5.74, 6) is 0. The van der Waals surface area contributed by atoms with E-state index in [9.17, 15) is 0 Å². The minimum atomic E-state index is 0.452. The lowest BCUT2D eigenvalue weighted by Gasteiger charge is -2.48. The fraction of sp³-hybridized carbons (Fsp3) is 0.765. The zero-order valence-electron chi connectivity index (χ0n) is 12.9. The second-order valence-corrected chi connectivity index (χ2v) is 8.58. The topological polar surface area (TPSA) is 15.3 Å². The van der Waals surface area contributed by atoms with Gasteiger partial charge in [-0.15, -0.1) is 11.3 Å². The number of likely N-dealkylation sites (tertiary alicyclic amines) is 1. The molecule has 0 atom stereocenters. The van der Waals surface area contributed by atoms with E-state index in [1.807, 2.05) is 11.3 Å². The second-order valence-electron chi connectivity index (χ2n) is 6.67. The molecule has 1 saturated carbocycles. The number of nitrogens with zero attached hydrogens (tertiary/aromatic N) is 1. The molecular formula is C17H27BrN2S. The fourth-order valence-corrected chi connectivity index (χ4v) is 5.47. The maximum absolute atomic E-state index is 3.77. The Morgan fingerprint density at radius 3 is 2.48 bits per heavy atom. The van der Waals surface area contributed by atoms with E-state index >= 15 is 0 Å². The van der Waals surface area contributed by atoms with E-state index in [-0.39, 0.29) is 0 Å². The van der Waals surface area contributed by atoms with Gasteiger partial charge in [0.05, 0.1) is 0 Å². The standard InChI is InChI=1S/C17H27BrN2S/c18-15-11-16(21-13-15)12-19-14-17(7-3-1-4-8-17)20-9-5-2-6-10-20/h11,13,19H,1-10,12,14H2. The molecular weight excluding hydrogens is 344 g/mol. The van der Waals surface area contributed by atoms with Crippen molar-refractivity contribution in [1.82, 2.24) is 10.2 Å². The first-order valence-corrected chi connectivity index (χ1v) is 10.1. The smallest absolute Gasteiger partial charge is 0.0334 e. The van der Waals surface area contributed by atoms with Gasteiger partial charge in [0, 0.05) is 33.4 Å². The van der Waals surface area contributed by atoms with E-state index in [1.54, 1.807) is 0 Å². The van der Waals surface area contributed by atoms with Crippen LogP contribution in [0, 0.1) is 0 Å². The van der Waals surface area contributed by atoms with Gasteiger partial charge < -0.3 is 5.32 Å². The lowest BCUT2D eigenvalue weighted by Crippen LogP contribution is -2.57. The molecule has 2 heterocycles. The molecule has 2 nitrogen and oxygen atoms in total. The highest BCUT2D eigenvalue weighted by atomic mass is 79.9. The highest BCUT2D eigenvalue weighted by Gasteiger charge is 2.37. The van der Waals surface area contributed by atoms with Crippen molar-refractivity contribution in [3.05, 3.63) is 20.8 Å². The summed E-state index contributed by atoms with van der Waals surface area (Å²) in [7, 11) is 0. The summed E-state index contributed by atoms with van der Waals surface area (Å²) in [6.07, 6.45) is 11.3. The van der Waals surface area contributed by atoms with Crippen molar-refractivity contribution in [2.24, 2.45) is 0 Å². The van der Waals surface area contributed by atoms with E-state index in [1.165, 1.54) is 80.4 Å². The molecule has 1 aromatic rings. The summed E-state index contributed by atoms with van der Waals surface area (Å²) in [5, 5.41) is 5.95. The summed E-state index contributed by atoms with van der Waals surface area (Å²) in [5.41, 5.74) is 0.452. The van der Waals surface area contributed by atoms with Crippen molar-refractivity contribution < 1.29 is 0 Å². The highest BCUT2D eigenvalue weighted by Crippen LogP contribution is 2.35. The predicted octanol–water partition coefficient (Wildman–Crippen LogP) is 4.79. The normalized spacial score (nSPS) is 23.3. The maximum atomic E-state index is 3.77. The highest BCUT2D eigenvalue weighted by molar-refractivity contribution is 9.10. The minimum Gasteiger partial charge on any atom is -0.310 e. The van der Waals surface area contributed by atoms with Crippen LogP contribution in [0.15, 0.2) is 15.9 Å². The molecule has 1 N–H and O–H groups in total. The van der Waals surface area contributed by atoms with E-state index in [4.69, 9.17) is 0 Å². The van der Waals surface area contributed by atoms with Crippen molar-refractivity contribution in [2.45, 2.75) is 63.5 Å². The van der Waals surface area contributed by atoms with Gasteiger partial charge in [0.25, 0.3) is 0 Å². The molecule has 0 aromatic carbocycles. The van der Waals surface area contributed by atoms with Crippen LogP contribution in [0.1, 0.15) is 56.2 Å². The third kappa shape index (κ3) is 4.10. The number of hydrogen-bond acceptors (Lipinski definition) is 3. The lowest BCUT2D eigenvalue weighted by atomic mass is 9.79. The molecule has 0 bridgehead atoms. The number of piperidine rings is 1. The van der Waals surface area contributed by atoms with Crippen LogP contribution in [0.3, 0.4) is 0 Å². The van der Waals surface area contributed by atoms with Gasteiger partial charge in [0.1, 0.15) is 0 Å². The Kier molecular flexibility index (Phi) is 5.77. The number of hydrogen-bond donors (Lipinski definition) is 1. The third-order valence-corrected chi connectivity index (χ3v) is 6.88. The first-order chi connectivity index (χ1) is 10.3. The molecule has 2 fully saturated rings. The SMILES string of the molecule is Brc1csc(CNCC2(N3CCCCC3)CCCCC2)c1. The molecule has 118 valence electrons. The molecule has 0 amide bonds. The third-order valence-electron chi connectivity index (χ3n) is 5.19. The van der Waals surface area contributed by atoms with E-state index in [0.29, 0.717) is 5.54 Å². The van der Waals surface area contributed by atoms with Crippen LogP contribution >= 0.6 is 27.3 Å². The molecule has 3 rings (SSSR count). The monoisotopic (exact) mass is 370 g/mol. The van der Waals surface area contributed by atoms with Crippen LogP contribution in [0.5, 0.6) is 0 Å². The summed E-state index contributed by atoms with van der Waals surface area (Å²) >= 11 is 5.40. The molecule has 1 aromatic heterocycles. The van der Waals surface area contributed by atoms with E-state index < -0.39 is 0 Å². The van der Waals surface area contributed by atoms with Crippen LogP contribution in [0.4, 0.5) is 0 Å². The summed E-state index contributed by atoms with van der Waals surface area (Å²) in [6, 6.07) is 2.24. The van der Waals surface area contributed by atoms with Crippen LogP contribution in [-0.2, 0) is 6.54 Å². The van der Waals surface area contributed by atoms with Gasteiger partial charge in [-0.1, -0.05) is 25.7 Å². The van der Waals surface area contributed by atoms with E-state index in [0.717, 1.165) is 6.54 Å². The van der Waals surface area contributed by atoms with Gasteiger partial charge in [-0.05, 0) is 60.8 Å². The largest absolute Gasteiger partial charge is 0.310 e. The maximum Gasteiger partial charge on any atom is 0.0334 e. The second kappa shape index (κ2) is 7.58. The van der Waals surface area contributed by atoms with Crippen LogP contribution in [-0.4, -0.2) is 30.1 Å². The Balaban J connectivity index is 1.59. The molecule has 0 unspecified atom stereocenters. The molecule has 0 spiro atoms. The number of thiophene rings is 1. The van der Waals surface area contributed by atoms with Gasteiger partial charge in [-0.2, -0.15) is 0 Å². The van der Waals surface area contributed by atoms with Crippen LogP contribution in [0.2, 0.25) is 0 Å². The molecule has 2 aliphatic rings. The Bertz CT molecular complexity index is 434. The van der Waals surface area contributed by atoms with Crippen molar-refractivity contribution in [3.8, 4) is 0 Å². The Labute approximate surface area is 141 Å². The molecule has 1 saturated heterocycles. The van der Waals surface area contributed by atoms with Gasteiger partial charge in [0.15, 0.2) is 0 Å². The van der Waals surface area contributed by atoms with Gasteiger partial charge >= 0.3 is 0 Å². The molecule has 1 aliphatic carbocycles. The van der Waals surface area contributed by atoms with Crippen molar-refractivity contribution in [3.63, 3.8) is 0 Å². The molecule has 4 heteroatoms. The number of nitrogens with one attached hydrogen (secondary N) is 1. The molecule has 1 aliphatic heterocycles. The average molecular weight is 371 g/mol. The van der Waals surface area contributed by atoms with Gasteiger partial charge in [-0.25, -0.2) is 0 Å². The first-order valence-electron chi connectivity index (χ1n) is 8.47. The van der Waals surface area contributed by atoms with Crippen LogP contribution < -0.4 is 5.32 Å². The zero-order chi connectivity index (χ0) is 14.5. The Hall–Kier alpha value is 0.1000. The van der Waals surface area contributed by atoms with E-state index in [2.05, 4.69) is 37.6 Å². The number of halogens is 1. The lowest BCUT2D eigenvalue weighted by molar-refractivity contribution is 0.0333. The predicted molar refractivity (Wildman–Crippen MR) is 95.0 cm³/mol. The van der Waals surface area contributed by atoms with Crippen molar-refractivity contribution in [2.75, 3.05) is 19.6 Å². The van der Waals surface area contributed by atoms with Crippen LogP contribution in [0.25, 0.3) is 0 Å². The Morgan fingerprint density at radius 1 is 1.10 bits per heavy atom. The number of rotatable bonds is 5.